The summed E-state index contributed by atoms with van der Waals surface area (Å²) in [6, 6.07) is 23.1. The van der Waals surface area contributed by atoms with Gasteiger partial charge in [0.25, 0.3) is 0 Å². The van der Waals surface area contributed by atoms with Crippen LogP contribution in [0.5, 0.6) is 0 Å². The van der Waals surface area contributed by atoms with Gasteiger partial charge in [-0.2, -0.15) is 4.31 Å². The van der Waals surface area contributed by atoms with E-state index in [1.807, 2.05) is 54.6 Å². The molecule has 1 saturated heterocycles. The van der Waals surface area contributed by atoms with Gasteiger partial charge in [0.2, 0.25) is 15.9 Å². The van der Waals surface area contributed by atoms with Gasteiger partial charge in [0, 0.05) is 37.0 Å². The molecule has 200 valence electrons. The molecule has 3 amide bonds. The predicted octanol–water partition coefficient (Wildman–Crippen LogP) is 3.76. The minimum absolute atomic E-state index is 0.108. The first-order valence-corrected chi connectivity index (χ1v) is 15.0. The molecule has 1 aliphatic rings. The molecule has 0 bridgehead atoms. The molecule has 1 fully saturated rings. The molecule has 3 aromatic rings. The van der Waals surface area contributed by atoms with Crippen molar-refractivity contribution in [2.75, 3.05) is 18.8 Å². The number of nitrogens with zero attached hydrogens (tertiary/aromatic N) is 1. The summed E-state index contributed by atoms with van der Waals surface area (Å²) in [4.78, 5) is 25.0. The third kappa shape index (κ3) is 7.50. The highest BCUT2D eigenvalue weighted by molar-refractivity contribution is 8.02. The maximum Gasteiger partial charge on any atom is 0.315 e. The van der Waals surface area contributed by atoms with Crippen LogP contribution >= 0.6 is 23.4 Å². The Hall–Kier alpha value is -3.05. The number of halogens is 1. The Bertz CT molecular complexity index is 1340. The molecule has 0 aromatic heterocycles. The molecule has 0 saturated carbocycles. The van der Waals surface area contributed by atoms with E-state index in [1.165, 1.54) is 40.3 Å². The van der Waals surface area contributed by atoms with E-state index in [-0.39, 0.29) is 29.9 Å². The number of rotatable bonds is 10. The van der Waals surface area contributed by atoms with Crippen LogP contribution in [0.25, 0.3) is 0 Å². The zero-order chi connectivity index (χ0) is 27.0. The van der Waals surface area contributed by atoms with E-state index >= 15 is 0 Å². The molecule has 3 aromatic carbocycles. The lowest BCUT2D eigenvalue weighted by Crippen LogP contribution is -2.44. The number of carbonyl (C=O) groups excluding carboxylic acids is 2. The van der Waals surface area contributed by atoms with Crippen LogP contribution in [0.15, 0.2) is 83.8 Å². The van der Waals surface area contributed by atoms with Gasteiger partial charge in [-0.1, -0.05) is 66.2 Å². The highest BCUT2D eigenvalue weighted by Gasteiger charge is 2.40. The molecule has 0 radical (unpaired) electrons. The summed E-state index contributed by atoms with van der Waals surface area (Å²) in [6.45, 7) is 1.44. The second-order valence-corrected chi connectivity index (χ2v) is 12.2. The summed E-state index contributed by atoms with van der Waals surface area (Å²) in [5.74, 6) is 0.176. The van der Waals surface area contributed by atoms with Crippen molar-refractivity contribution in [3.8, 4) is 0 Å². The number of amides is 3. The number of urea groups is 1. The van der Waals surface area contributed by atoms with Crippen molar-refractivity contribution >= 4 is 45.3 Å². The van der Waals surface area contributed by atoms with Crippen molar-refractivity contribution < 1.29 is 18.0 Å². The predicted molar refractivity (Wildman–Crippen MR) is 150 cm³/mol. The first-order valence-electron chi connectivity index (χ1n) is 12.1. The Balaban J connectivity index is 1.22. The normalized spacial score (nSPS) is 15.7. The SMILES string of the molecule is O=C(NCCc1ccccc1)NCc1ccc(CNC(=O)C2SCCN2S(=O)(=O)c2ccc(Cl)cc2)cc1. The smallest absolute Gasteiger partial charge is 0.315 e. The highest BCUT2D eigenvalue weighted by atomic mass is 35.5. The Morgan fingerprint density at radius 1 is 0.842 bits per heavy atom. The van der Waals surface area contributed by atoms with Crippen molar-refractivity contribution in [2.24, 2.45) is 0 Å². The van der Waals surface area contributed by atoms with Crippen molar-refractivity contribution in [3.05, 3.63) is 101 Å². The molecule has 1 atom stereocenters. The van der Waals surface area contributed by atoms with Gasteiger partial charge >= 0.3 is 6.03 Å². The molecule has 4 rings (SSSR count). The van der Waals surface area contributed by atoms with Crippen molar-refractivity contribution in [3.63, 3.8) is 0 Å². The number of sulfonamides is 1. The molecular formula is C27H29ClN4O4S2. The van der Waals surface area contributed by atoms with Crippen LogP contribution in [0.4, 0.5) is 4.79 Å². The highest BCUT2D eigenvalue weighted by Crippen LogP contribution is 2.30. The molecule has 0 aliphatic carbocycles. The van der Waals surface area contributed by atoms with E-state index in [0.717, 1.165) is 23.1 Å². The van der Waals surface area contributed by atoms with E-state index in [4.69, 9.17) is 11.6 Å². The molecule has 3 N–H and O–H groups in total. The lowest BCUT2D eigenvalue weighted by atomic mass is 10.1. The maximum absolute atomic E-state index is 13.1. The van der Waals surface area contributed by atoms with E-state index in [9.17, 15) is 18.0 Å². The van der Waals surface area contributed by atoms with Crippen molar-refractivity contribution in [1.82, 2.24) is 20.3 Å². The topological polar surface area (TPSA) is 108 Å². The third-order valence-electron chi connectivity index (χ3n) is 5.98. The summed E-state index contributed by atoms with van der Waals surface area (Å²) in [6.07, 6.45) is 0.763. The van der Waals surface area contributed by atoms with Gasteiger partial charge in [-0.05, 0) is 47.4 Å². The lowest BCUT2D eigenvalue weighted by Gasteiger charge is -2.22. The molecule has 1 aliphatic heterocycles. The average molecular weight is 573 g/mol. The van der Waals surface area contributed by atoms with Gasteiger partial charge in [-0.15, -0.1) is 11.8 Å². The number of hydrogen-bond donors (Lipinski definition) is 3. The molecule has 1 heterocycles. The van der Waals surface area contributed by atoms with Crippen LogP contribution in [-0.2, 0) is 34.3 Å². The average Bonchev–Trinajstić information content (AvgIpc) is 3.43. The van der Waals surface area contributed by atoms with Crippen LogP contribution in [0, 0.1) is 0 Å². The van der Waals surface area contributed by atoms with Crippen molar-refractivity contribution in [2.45, 2.75) is 29.8 Å². The monoisotopic (exact) mass is 572 g/mol. The van der Waals surface area contributed by atoms with Crippen LogP contribution in [0.1, 0.15) is 16.7 Å². The summed E-state index contributed by atoms with van der Waals surface area (Å²) in [5, 5.41) is 8.13. The zero-order valence-corrected chi connectivity index (χ0v) is 23.0. The number of carbonyl (C=O) groups is 2. The van der Waals surface area contributed by atoms with Crippen LogP contribution in [-0.4, -0.2) is 48.9 Å². The Labute approximate surface area is 232 Å². The first-order chi connectivity index (χ1) is 18.3. The molecule has 8 nitrogen and oxygen atoms in total. The van der Waals surface area contributed by atoms with Crippen LogP contribution in [0.2, 0.25) is 5.02 Å². The van der Waals surface area contributed by atoms with Gasteiger partial charge in [-0.25, -0.2) is 13.2 Å². The molecule has 38 heavy (non-hydrogen) atoms. The Morgan fingerprint density at radius 2 is 1.47 bits per heavy atom. The molecular weight excluding hydrogens is 544 g/mol. The maximum atomic E-state index is 13.1. The minimum atomic E-state index is -3.82. The minimum Gasteiger partial charge on any atom is -0.350 e. The van der Waals surface area contributed by atoms with Crippen LogP contribution in [0.3, 0.4) is 0 Å². The third-order valence-corrected chi connectivity index (χ3v) is 9.45. The summed E-state index contributed by atoms with van der Waals surface area (Å²) in [7, 11) is -3.82. The van der Waals surface area contributed by atoms with E-state index in [1.54, 1.807) is 0 Å². The van der Waals surface area contributed by atoms with E-state index < -0.39 is 15.4 Å². The van der Waals surface area contributed by atoms with Gasteiger partial charge in [0.15, 0.2) is 0 Å². The summed E-state index contributed by atoms with van der Waals surface area (Å²) >= 11 is 7.18. The van der Waals surface area contributed by atoms with E-state index in [2.05, 4.69) is 16.0 Å². The summed E-state index contributed by atoms with van der Waals surface area (Å²) in [5.41, 5.74) is 2.95. The number of thioether (sulfide) groups is 1. The second-order valence-electron chi connectivity index (χ2n) is 8.67. The molecule has 11 heteroatoms. The largest absolute Gasteiger partial charge is 0.350 e. The molecule has 1 unspecified atom stereocenters. The summed E-state index contributed by atoms with van der Waals surface area (Å²) < 4.78 is 27.4. The number of nitrogens with one attached hydrogen (secondary N) is 3. The Morgan fingerprint density at radius 3 is 2.13 bits per heavy atom. The van der Waals surface area contributed by atoms with E-state index in [0.29, 0.717) is 23.9 Å². The fourth-order valence-corrected chi connectivity index (χ4v) is 7.14. The lowest BCUT2D eigenvalue weighted by molar-refractivity contribution is -0.122. The number of benzene rings is 3. The van der Waals surface area contributed by atoms with Gasteiger partial charge in [0.1, 0.15) is 5.37 Å². The van der Waals surface area contributed by atoms with Gasteiger partial charge in [0.05, 0.1) is 4.90 Å². The number of hydrogen-bond acceptors (Lipinski definition) is 5. The first kappa shape index (κ1) is 28.0. The van der Waals surface area contributed by atoms with Gasteiger partial charge < -0.3 is 16.0 Å². The van der Waals surface area contributed by atoms with Gasteiger partial charge in [-0.3, -0.25) is 4.79 Å². The zero-order valence-electron chi connectivity index (χ0n) is 20.6. The Kier molecular flexibility index (Phi) is 9.68. The molecule has 0 spiro atoms. The fourth-order valence-electron chi connectivity index (χ4n) is 3.91. The second kappa shape index (κ2) is 13.1. The van der Waals surface area contributed by atoms with Crippen molar-refractivity contribution in [1.29, 1.82) is 0 Å². The standard InChI is InChI=1S/C27H29ClN4O4S2/c28-23-10-12-24(13-11-23)38(35,36)32-16-17-37-26(32)25(33)30-18-21-6-8-22(9-7-21)19-31-27(34)29-15-14-20-4-2-1-3-5-20/h1-13,26H,14-19H2,(H,30,33)(H2,29,31,34). The quantitative estimate of drug-likeness (QED) is 0.343. The van der Waals surface area contributed by atoms with Crippen LogP contribution < -0.4 is 16.0 Å². The fraction of sp³-hybridized carbons (Fsp3) is 0.259.